The molecule has 1 aromatic carbocycles. The van der Waals surface area contributed by atoms with Crippen molar-refractivity contribution >= 4 is 17.4 Å². The van der Waals surface area contributed by atoms with Crippen LogP contribution in [0.3, 0.4) is 0 Å². The largest absolute Gasteiger partial charge is 0.339 e. The van der Waals surface area contributed by atoms with Crippen LogP contribution in [-0.4, -0.2) is 49.0 Å². The van der Waals surface area contributed by atoms with Crippen LogP contribution in [0.15, 0.2) is 48.7 Å². The Labute approximate surface area is 156 Å². The molecule has 0 bridgehead atoms. The van der Waals surface area contributed by atoms with Gasteiger partial charge in [-0.1, -0.05) is 25.1 Å². The zero-order valence-electron chi connectivity index (χ0n) is 15.7. The molecule has 5 heteroatoms. The number of nitrogens with one attached hydrogen (secondary N) is 1. The summed E-state index contributed by atoms with van der Waals surface area (Å²) in [6, 6.07) is 13.9. The number of likely N-dealkylation sites (tertiary alicyclic amines) is 1. The first-order valence-electron chi connectivity index (χ1n) is 9.44. The van der Waals surface area contributed by atoms with Crippen molar-refractivity contribution < 1.29 is 4.79 Å². The van der Waals surface area contributed by atoms with Crippen molar-refractivity contribution in [3.8, 4) is 0 Å². The summed E-state index contributed by atoms with van der Waals surface area (Å²) in [6.07, 6.45) is 3.84. The van der Waals surface area contributed by atoms with E-state index in [1.165, 1.54) is 0 Å². The Morgan fingerprint density at radius 1 is 1.19 bits per heavy atom. The van der Waals surface area contributed by atoms with Gasteiger partial charge in [0.15, 0.2) is 0 Å². The van der Waals surface area contributed by atoms with Crippen molar-refractivity contribution in [3.05, 3.63) is 54.2 Å². The second kappa shape index (κ2) is 8.81. The highest BCUT2D eigenvalue weighted by molar-refractivity contribution is 5.94. The zero-order valence-corrected chi connectivity index (χ0v) is 15.7. The van der Waals surface area contributed by atoms with Crippen LogP contribution in [-0.2, 0) is 0 Å². The molecule has 1 aliphatic rings. The van der Waals surface area contributed by atoms with Crippen molar-refractivity contribution in [3.63, 3.8) is 0 Å². The zero-order chi connectivity index (χ0) is 18.4. The molecule has 0 spiro atoms. The van der Waals surface area contributed by atoms with Gasteiger partial charge in [0.05, 0.1) is 5.56 Å². The fourth-order valence-corrected chi connectivity index (χ4v) is 3.37. The monoisotopic (exact) mass is 352 g/mol. The quantitative estimate of drug-likeness (QED) is 0.866. The number of carbonyl (C=O) groups excluding carboxylic acids is 1. The van der Waals surface area contributed by atoms with Crippen LogP contribution in [0.1, 0.15) is 30.1 Å². The third kappa shape index (κ3) is 4.41. The first-order valence-corrected chi connectivity index (χ1v) is 9.44. The van der Waals surface area contributed by atoms with E-state index in [1.807, 2.05) is 59.3 Å². The number of piperidine rings is 1. The summed E-state index contributed by atoms with van der Waals surface area (Å²) in [5, 5.41) is 3.41. The molecule has 2 aromatic rings. The molecule has 2 heterocycles. The average Bonchev–Trinajstić information content (AvgIpc) is 2.72. The van der Waals surface area contributed by atoms with E-state index in [1.54, 1.807) is 6.20 Å². The van der Waals surface area contributed by atoms with Gasteiger partial charge in [-0.3, -0.25) is 4.79 Å². The summed E-state index contributed by atoms with van der Waals surface area (Å²) in [4.78, 5) is 21.2. The smallest absolute Gasteiger partial charge is 0.255 e. The van der Waals surface area contributed by atoms with E-state index in [4.69, 9.17) is 0 Å². The lowest BCUT2D eigenvalue weighted by Crippen LogP contribution is -2.40. The van der Waals surface area contributed by atoms with Gasteiger partial charge >= 0.3 is 0 Å². The Morgan fingerprint density at radius 3 is 2.54 bits per heavy atom. The second-order valence-corrected chi connectivity index (χ2v) is 6.84. The fourth-order valence-electron chi connectivity index (χ4n) is 3.37. The number of amides is 1. The molecule has 1 saturated heterocycles. The fraction of sp³-hybridized carbons (Fsp3) is 0.429. The lowest BCUT2D eigenvalue weighted by Gasteiger charge is -2.32. The molecule has 1 fully saturated rings. The maximum Gasteiger partial charge on any atom is 0.255 e. The van der Waals surface area contributed by atoms with Gasteiger partial charge in [0.1, 0.15) is 5.82 Å². The molecule has 0 radical (unpaired) electrons. The summed E-state index contributed by atoms with van der Waals surface area (Å²) in [5.41, 5.74) is 1.74. The summed E-state index contributed by atoms with van der Waals surface area (Å²) >= 11 is 0. The van der Waals surface area contributed by atoms with Crippen molar-refractivity contribution in [2.24, 2.45) is 5.92 Å². The number of carbonyl (C=O) groups is 1. The van der Waals surface area contributed by atoms with Crippen LogP contribution in [0.25, 0.3) is 0 Å². The standard InChI is InChI=1S/C21H28N4O/c1-3-22-15-17-11-13-25(14-12-17)21(26)18-9-10-20(23-16-18)24(2)19-7-5-4-6-8-19/h4-10,16-17,22H,3,11-15H2,1-2H3. The number of hydrogen-bond donors (Lipinski definition) is 1. The van der Waals surface area contributed by atoms with Crippen molar-refractivity contribution in [1.29, 1.82) is 0 Å². The number of aromatic nitrogens is 1. The number of rotatable bonds is 6. The lowest BCUT2D eigenvalue weighted by atomic mass is 9.96. The van der Waals surface area contributed by atoms with Gasteiger partial charge in [-0.15, -0.1) is 0 Å². The molecule has 0 atom stereocenters. The van der Waals surface area contributed by atoms with E-state index in [-0.39, 0.29) is 5.91 Å². The summed E-state index contributed by atoms with van der Waals surface area (Å²) < 4.78 is 0. The molecule has 1 amide bonds. The molecule has 1 aliphatic heterocycles. The molecule has 5 nitrogen and oxygen atoms in total. The number of para-hydroxylation sites is 1. The molecule has 138 valence electrons. The first kappa shape index (κ1) is 18.4. The van der Waals surface area contributed by atoms with Crippen LogP contribution in [0, 0.1) is 5.92 Å². The number of anilines is 2. The molecule has 0 aliphatic carbocycles. The van der Waals surface area contributed by atoms with E-state index >= 15 is 0 Å². The third-order valence-electron chi connectivity index (χ3n) is 5.07. The topological polar surface area (TPSA) is 48.5 Å². The van der Waals surface area contributed by atoms with Crippen LogP contribution in [0.5, 0.6) is 0 Å². The van der Waals surface area contributed by atoms with Gasteiger partial charge in [0, 0.05) is 32.0 Å². The highest BCUT2D eigenvalue weighted by atomic mass is 16.2. The number of benzene rings is 1. The Balaban J connectivity index is 1.59. The van der Waals surface area contributed by atoms with Crippen LogP contribution >= 0.6 is 0 Å². The SMILES string of the molecule is CCNCC1CCN(C(=O)c2ccc(N(C)c3ccccc3)nc2)CC1. The number of pyridine rings is 1. The summed E-state index contributed by atoms with van der Waals surface area (Å²) in [7, 11) is 1.98. The highest BCUT2D eigenvalue weighted by Crippen LogP contribution is 2.22. The van der Waals surface area contributed by atoms with Gasteiger partial charge < -0.3 is 15.1 Å². The Morgan fingerprint density at radius 2 is 1.92 bits per heavy atom. The minimum atomic E-state index is 0.0910. The van der Waals surface area contributed by atoms with E-state index in [0.717, 1.165) is 50.5 Å². The first-order chi connectivity index (χ1) is 12.7. The molecule has 0 saturated carbocycles. The van der Waals surface area contributed by atoms with Crippen LogP contribution in [0.2, 0.25) is 0 Å². The van der Waals surface area contributed by atoms with E-state index in [2.05, 4.69) is 17.2 Å². The van der Waals surface area contributed by atoms with Crippen molar-refractivity contribution in [1.82, 2.24) is 15.2 Å². The third-order valence-corrected chi connectivity index (χ3v) is 5.07. The number of nitrogens with zero attached hydrogens (tertiary/aromatic N) is 3. The van der Waals surface area contributed by atoms with Gasteiger partial charge in [0.2, 0.25) is 0 Å². The van der Waals surface area contributed by atoms with Gasteiger partial charge in [-0.25, -0.2) is 4.98 Å². The molecular weight excluding hydrogens is 324 g/mol. The number of hydrogen-bond acceptors (Lipinski definition) is 4. The maximum atomic E-state index is 12.7. The van der Waals surface area contributed by atoms with Gasteiger partial charge in [-0.05, 0) is 56.1 Å². The minimum Gasteiger partial charge on any atom is -0.339 e. The van der Waals surface area contributed by atoms with Crippen LogP contribution in [0.4, 0.5) is 11.5 Å². The second-order valence-electron chi connectivity index (χ2n) is 6.84. The summed E-state index contributed by atoms with van der Waals surface area (Å²) in [6.45, 7) is 5.86. The normalized spacial score (nSPS) is 15.1. The molecule has 26 heavy (non-hydrogen) atoms. The van der Waals surface area contributed by atoms with Crippen LogP contribution < -0.4 is 10.2 Å². The van der Waals surface area contributed by atoms with Crippen molar-refractivity contribution in [2.45, 2.75) is 19.8 Å². The van der Waals surface area contributed by atoms with E-state index < -0.39 is 0 Å². The average molecular weight is 352 g/mol. The highest BCUT2D eigenvalue weighted by Gasteiger charge is 2.23. The molecule has 1 N–H and O–H groups in total. The Hall–Kier alpha value is -2.40. The predicted octanol–water partition coefficient (Wildman–Crippen LogP) is 3.31. The molecular formula is C21H28N4O. The Bertz CT molecular complexity index is 694. The van der Waals surface area contributed by atoms with E-state index in [9.17, 15) is 4.79 Å². The predicted molar refractivity (Wildman–Crippen MR) is 106 cm³/mol. The molecule has 3 rings (SSSR count). The van der Waals surface area contributed by atoms with Gasteiger partial charge in [0.25, 0.3) is 5.91 Å². The summed E-state index contributed by atoms with van der Waals surface area (Å²) in [5.74, 6) is 1.60. The lowest BCUT2D eigenvalue weighted by molar-refractivity contribution is 0.0690. The molecule has 0 unspecified atom stereocenters. The molecule has 1 aromatic heterocycles. The van der Waals surface area contributed by atoms with Gasteiger partial charge in [-0.2, -0.15) is 0 Å². The van der Waals surface area contributed by atoms with Crippen molar-refractivity contribution in [2.75, 3.05) is 38.1 Å². The van der Waals surface area contributed by atoms with E-state index in [0.29, 0.717) is 11.5 Å². The maximum absolute atomic E-state index is 12.7. The Kier molecular flexibility index (Phi) is 6.23. The minimum absolute atomic E-state index is 0.0910.